The van der Waals surface area contributed by atoms with Gasteiger partial charge < -0.3 is 10.2 Å². The average molecular weight is 278 g/mol. The van der Waals surface area contributed by atoms with E-state index < -0.39 is 5.92 Å². The highest BCUT2D eigenvalue weighted by atomic mass is 19.1. The molecule has 0 unspecified atom stereocenters. The second-order valence-electron chi connectivity index (χ2n) is 5.13. The summed E-state index contributed by atoms with van der Waals surface area (Å²) >= 11 is 0. The Labute approximate surface area is 118 Å². The zero-order valence-corrected chi connectivity index (χ0v) is 11.7. The normalized spacial score (nSPS) is 20.1. The summed E-state index contributed by atoms with van der Waals surface area (Å²) in [6.45, 7) is 4.38. The van der Waals surface area contributed by atoms with Gasteiger partial charge in [0.1, 0.15) is 11.7 Å². The third kappa shape index (κ3) is 2.98. The number of nitrogens with zero attached hydrogens (tertiary/aromatic N) is 1. The molecule has 0 aromatic heterocycles. The molecule has 1 fully saturated rings. The lowest BCUT2D eigenvalue weighted by Gasteiger charge is -2.18. The van der Waals surface area contributed by atoms with Crippen LogP contribution in [0.25, 0.3) is 0 Å². The molecule has 1 aliphatic heterocycles. The zero-order chi connectivity index (χ0) is 14.7. The van der Waals surface area contributed by atoms with Crippen LogP contribution in [0.2, 0.25) is 0 Å². The molecule has 2 atom stereocenters. The van der Waals surface area contributed by atoms with E-state index in [4.69, 9.17) is 0 Å². The minimum atomic E-state index is -0.631. The topological polar surface area (TPSA) is 49.4 Å². The van der Waals surface area contributed by atoms with E-state index >= 15 is 0 Å². The summed E-state index contributed by atoms with van der Waals surface area (Å²) in [4.78, 5) is 25.9. The molecule has 20 heavy (non-hydrogen) atoms. The van der Waals surface area contributed by atoms with Gasteiger partial charge in [0.25, 0.3) is 0 Å². The van der Waals surface area contributed by atoms with Crippen LogP contribution in [0.3, 0.4) is 0 Å². The summed E-state index contributed by atoms with van der Waals surface area (Å²) in [5.74, 6) is -1.40. The zero-order valence-electron chi connectivity index (χ0n) is 11.7. The SMILES string of the molecule is CC[C@@H](C)NC(=O)[C@H]1CCN(c2ccc(F)cc2)C1=O. The van der Waals surface area contributed by atoms with E-state index in [1.165, 1.54) is 12.1 Å². The van der Waals surface area contributed by atoms with Gasteiger partial charge in [-0.05, 0) is 44.0 Å². The van der Waals surface area contributed by atoms with Crippen molar-refractivity contribution in [2.45, 2.75) is 32.7 Å². The van der Waals surface area contributed by atoms with E-state index in [0.717, 1.165) is 6.42 Å². The van der Waals surface area contributed by atoms with Gasteiger partial charge in [-0.1, -0.05) is 6.92 Å². The number of rotatable bonds is 4. The Morgan fingerprint density at radius 3 is 2.70 bits per heavy atom. The van der Waals surface area contributed by atoms with Crippen LogP contribution in [0.1, 0.15) is 26.7 Å². The van der Waals surface area contributed by atoms with Gasteiger partial charge in [-0.3, -0.25) is 9.59 Å². The van der Waals surface area contributed by atoms with E-state index in [-0.39, 0.29) is 23.7 Å². The Bertz CT molecular complexity index is 501. The highest BCUT2D eigenvalue weighted by Gasteiger charge is 2.37. The van der Waals surface area contributed by atoms with Crippen molar-refractivity contribution in [3.63, 3.8) is 0 Å². The van der Waals surface area contributed by atoms with Crippen molar-refractivity contribution < 1.29 is 14.0 Å². The Balaban J connectivity index is 2.05. The van der Waals surface area contributed by atoms with Gasteiger partial charge >= 0.3 is 0 Å². The van der Waals surface area contributed by atoms with Crippen molar-refractivity contribution >= 4 is 17.5 Å². The van der Waals surface area contributed by atoms with E-state index in [1.54, 1.807) is 17.0 Å². The van der Waals surface area contributed by atoms with Gasteiger partial charge in [0.15, 0.2) is 0 Å². The predicted molar refractivity (Wildman–Crippen MR) is 74.8 cm³/mol. The monoisotopic (exact) mass is 278 g/mol. The lowest BCUT2D eigenvalue weighted by atomic mass is 10.1. The van der Waals surface area contributed by atoms with Gasteiger partial charge in [0, 0.05) is 18.3 Å². The fourth-order valence-corrected chi connectivity index (χ4v) is 2.25. The molecule has 1 saturated heterocycles. The molecule has 1 heterocycles. The second-order valence-corrected chi connectivity index (χ2v) is 5.13. The van der Waals surface area contributed by atoms with Crippen LogP contribution in [-0.4, -0.2) is 24.4 Å². The molecule has 1 aromatic carbocycles. The molecule has 2 rings (SSSR count). The van der Waals surface area contributed by atoms with Gasteiger partial charge in [-0.25, -0.2) is 4.39 Å². The van der Waals surface area contributed by atoms with Crippen molar-refractivity contribution in [1.29, 1.82) is 0 Å². The summed E-state index contributed by atoms with van der Waals surface area (Å²) in [5.41, 5.74) is 0.634. The number of benzene rings is 1. The van der Waals surface area contributed by atoms with Gasteiger partial charge in [0.2, 0.25) is 11.8 Å². The van der Waals surface area contributed by atoms with E-state index in [0.29, 0.717) is 18.7 Å². The quantitative estimate of drug-likeness (QED) is 0.857. The first-order valence-corrected chi connectivity index (χ1v) is 6.90. The Morgan fingerprint density at radius 1 is 1.45 bits per heavy atom. The molecular weight excluding hydrogens is 259 g/mol. The number of nitrogens with one attached hydrogen (secondary N) is 1. The smallest absolute Gasteiger partial charge is 0.239 e. The number of hydrogen-bond donors (Lipinski definition) is 1. The molecule has 1 N–H and O–H groups in total. The first kappa shape index (κ1) is 14.5. The molecule has 0 radical (unpaired) electrons. The third-order valence-electron chi connectivity index (χ3n) is 3.66. The van der Waals surface area contributed by atoms with Crippen molar-refractivity contribution in [2.75, 3.05) is 11.4 Å². The van der Waals surface area contributed by atoms with Crippen molar-refractivity contribution in [1.82, 2.24) is 5.32 Å². The number of carbonyl (C=O) groups excluding carboxylic acids is 2. The summed E-state index contributed by atoms with van der Waals surface area (Å²) in [7, 11) is 0. The number of amides is 2. The van der Waals surface area contributed by atoms with Crippen molar-refractivity contribution in [3.8, 4) is 0 Å². The maximum absolute atomic E-state index is 12.9. The van der Waals surface area contributed by atoms with Crippen LogP contribution in [0.15, 0.2) is 24.3 Å². The summed E-state index contributed by atoms with van der Waals surface area (Å²) in [6, 6.07) is 5.81. The molecule has 0 bridgehead atoms. The molecule has 0 spiro atoms. The van der Waals surface area contributed by atoms with Crippen LogP contribution < -0.4 is 10.2 Å². The maximum atomic E-state index is 12.9. The molecule has 2 amide bonds. The molecule has 1 aromatic rings. The highest BCUT2D eigenvalue weighted by Crippen LogP contribution is 2.25. The maximum Gasteiger partial charge on any atom is 0.239 e. The molecule has 4 nitrogen and oxygen atoms in total. The first-order chi connectivity index (χ1) is 9.52. The van der Waals surface area contributed by atoms with E-state index in [2.05, 4.69) is 5.32 Å². The standard InChI is InChI=1S/C15H19FN2O2/c1-3-10(2)17-14(19)13-8-9-18(15(13)20)12-6-4-11(16)5-7-12/h4-7,10,13H,3,8-9H2,1-2H3,(H,17,19)/t10-,13-/m1/s1. The predicted octanol–water partition coefficient (Wildman–Crippen LogP) is 2.09. The molecule has 1 aliphatic rings. The van der Waals surface area contributed by atoms with Gasteiger partial charge in [-0.15, -0.1) is 0 Å². The van der Waals surface area contributed by atoms with Crippen molar-refractivity contribution in [2.24, 2.45) is 5.92 Å². The van der Waals surface area contributed by atoms with Crippen molar-refractivity contribution in [3.05, 3.63) is 30.1 Å². The third-order valence-corrected chi connectivity index (χ3v) is 3.66. The fourth-order valence-electron chi connectivity index (χ4n) is 2.25. The first-order valence-electron chi connectivity index (χ1n) is 6.90. The number of halogens is 1. The molecule has 0 saturated carbocycles. The van der Waals surface area contributed by atoms with Gasteiger partial charge in [0.05, 0.1) is 0 Å². The minimum Gasteiger partial charge on any atom is -0.353 e. The largest absolute Gasteiger partial charge is 0.353 e. The highest BCUT2D eigenvalue weighted by molar-refractivity contribution is 6.09. The molecular formula is C15H19FN2O2. The van der Waals surface area contributed by atoms with Crippen LogP contribution in [-0.2, 0) is 9.59 Å². The molecule has 5 heteroatoms. The summed E-state index contributed by atoms with van der Waals surface area (Å²) in [6.07, 6.45) is 1.33. The van der Waals surface area contributed by atoms with E-state index in [1.807, 2.05) is 13.8 Å². The van der Waals surface area contributed by atoms with Gasteiger partial charge in [-0.2, -0.15) is 0 Å². The summed E-state index contributed by atoms with van der Waals surface area (Å²) < 4.78 is 12.9. The number of anilines is 1. The Hall–Kier alpha value is -1.91. The molecule has 0 aliphatic carbocycles. The second kappa shape index (κ2) is 6.03. The summed E-state index contributed by atoms with van der Waals surface area (Å²) in [5, 5.41) is 2.84. The molecule has 108 valence electrons. The average Bonchev–Trinajstić information content (AvgIpc) is 2.81. The minimum absolute atomic E-state index is 0.0650. The van der Waals surface area contributed by atoms with Crippen LogP contribution >= 0.6 is 0 Å². The number of hydrogen-bond acceptors (Lipinski definition) is 2. The Morgan fingerprint density at radius 2 is 2.10 bits per heavy atom. The van der Waals surface area contributed by atoms with Crippen LogP contribution in [0, 0.1) is 11.7 Å². The number of carbonyl (C=O) groups is 2. The lowest BCUT2D eigenvalue weighted by Crippen LogP contribution is -2.40. The fraction of sp³-hybridized carbons (Fsp3) is 0.467. The Kier molecular flexibility index (Phi) is 4.37. The van der Waals surface area contributed by atoms with E-state index in [9.17, 15) is 14.0 Å². The lowest BCUT2D eigenvalue weighted by molar-refractivity contribution is -0.132. The van der Waals surface area contributed by atoms with Crippen LogP contribution in [0.4, 0.5) is 10.1 Å². The van der Waals surface area contributed by atoms with Crippen LogP contribution in [0.5, 0.6) is 0 Å².